The van der Waals surface area contributed by atoms with Gasteiger partial charge in [-0.2, -0.15) is 0 Å². The minimum absolute atomic E-state index is 0.224. The Labute approximate surface area is 121 Å². The molecule has 1 N–H and O–H groups in total. The first-order chi connectivity index (χ1) is 9.72. The molecule has 1 atom stereocenters. The third kappa shape index (κ3) is 3.21. The van der Waals surface area contributed by atoms with E-state index >= 15 is 0 Å². The van der Waals surface area contributed by atoms with E-state index in [0.717, 1.165) is 50.1 Å². The minimum Gasteiger partial charge on any atom is -0.494 e. The summed E-state index contributed by atoms with van der Waals surface area (Å²) in [6.07, 6.45) is 4.07. The molecular formula is C17H25NO2. The largest absolute Gasteiger partial charge is 0.494 e. The number of carbonyl (C=O) groups excluding carboxylic acids is 1. The maximum atomic E-state index is 13.0. The SMILES string of the molecule is CCCC1(C(=O)c2cccc(OCC)c2)CCCNC1. The lowest BCUT2D eigenvalue weighted by Gasteiger charge is -2.36. The third-order valence-electron chi connectivity index (χ3n) is 4.09. The van der Waals surface area contributed by atoms with Gasteiger partial charge in [0.05, 0.1) is 6.61 Å². The highest BCUT2D eigenvalue weighted by atomic mass is 16.5. The Kier molecular flexibility index (Phi) is 5.18. The molecular weight excluding hydrogens is 250 g/mol. The molecule has 110 valence electrons. The fraction of sp³-hybridized carbons (Fsp3) is 0.588. The van der Waals surface area contributed by atoms with Crippen molar-refractivity contribution in [2.45, 2.75) is 39.5 Å². The van der Waals surface area contributed by atoms with Crippen LogP contribution in [0.4, 0.5) is 0 Å². The summed E-state index contributed by atoms with van der Waals surface area (Å²) in [5.41, 5.74) is 0.561. The molecule has 1 heterocycles. The number of hydrogen-bond donors (Lipinski definition) is 1. The molecule has 0 aromatic heterocycles. The molecule has 3 heteroatoms. The Morgan fingerprint density at radius 1 is 1.40 bits per heavy atom. The maximum Gasteiger partial charge on any atom is 0.170 e. The van der Waals surface area contributed by atoms with Crippen LogP contribution in [-0.2, 0) is 0 Å². The van der Waals surface area contributed by atoms with Crippen molar-refractivity contribution in [2.24, 2.45) is 5.41 Å². The molecule has 0 amide bonds. The van der Waals surface area contributed by atoms with Gasteiger partial charge < -0.3 is 10.1 Å². The molecule has 20 heavy (non-hydrogen) atoms. The maximum absolute atomic E-state index is 13.0. The van der Waals surface area contributed by atoms with Crippen LogP contribution in [0, 0.1) is 5.41 Å². The van der Waals surface area contributed by atoms with Crippen LogP contribution in [0.25, 0.3) is 0 Å². The van der Waals surface area contributed by atoms with Crippen LogP contribution in [0.2, 0.25) is 0 Å². The molecule has 1 aliphatic heterocycles. The van der Waals surface area contributed by atoms with Gasteiger partial charge in [-0.3, -0.25) is 4.79 Å². The number of piperidine rings is 1. The van der Waals surface area contributed by atoms with Crippen LogP contribution < -0.4 is 10.1 Å². The van der Waals surface area contributed by atoms with Gasteiger partial charge in [-0.15, -0.1) is 0 Å². The highest BCUT2D eigenvalue weighted by Crippen LogP contribution is 2.35. The van der Waals surface area contributed by atoms with Crippen LogP contribution in [0.5, 0.6) is 5.75 Å². The summed E-state index contributed by atoms with van der Waals surface area (Å²) in [6, 6.07) is 7.62. The lowest BCUT2D eigenvalue weighted by molar-refractivity contribution is 0.0717. The van der Waals surface area contributed by atoms with E-state index in [-0.39, 0.29) is 11.2 Å². The van der Waals surface area contributed by atoms with E-state index < -0.39 is 0 Å². The first kappa shape index (κ1) is 15.0. The van der Waals surface area contributed by atoms with Crippen molar-refractivity contribution in [1.29, 1.82) is 0 Å². The average molecular weight is 275 g/mol. The summed E-state index contributed by atoms with van der Waals surface area (Å²) in [5.74, 6) is 1.06. The fourth-order valence-electron chi connectivity index (χ4n) is 3.17. The second-order valence-electron chi connectivity index (χ2n) is 5.60. The molecule has 1 aromatic rings. The van der Waals surface area contributed by atoms with Gasteiger partial charge in [0.15, 0.2) is 5.78 Å². The normalized spacial score (nSPS) is 22.5. The molecule has 2 rings (SSSR count). The molecule has 0 saturated carbocycles. The molecule has 1 saturated heterocycles. The molecule has 1 aromatic carbocycles. The molecule has 1 aliphatic rings. The van der Waals surface area contributed by atoms with E-state index in [1.165, 1.54) is 0 Å². The number of benzene rings is 1. The van der Waals surface area contributed by atoms with E-state index in [9.17, 15) is 4.79 Å². The van der Waals surface area contributed by atoms with Crippen LogP contribution in [0.15, 0.2) is 24.3 Å². The van der Waals surface area contributed by atoms with Gasteiger partial charge in [0.25, 0.3) is 0 Å². The Morgan fingerprint density at radius 3 is 2.90 bits per heavy atom. The van der Waals surface area contributed by atoms with Crippen molar-refractivity contribution in [1.82, 2.24) is 5.32 Å². The van der Waals surface area contributed by atoms with Crippen LogP contribution >= 0.6 is 0 Å². The molecule has 0 bridgehead atoms. The quantitative estimate of drug-likeness (QED) is 0.808. The van der Waals surface area contributed by atoms with E-state index in [1.54, 1.807) is 0 Å². The van der Waals surface area contributed by atoms with E-state index in [1.807, 2.05) is 31.2 Å². The summed E-state index contributed by atoms with van der Waals surface area (Å²) in [7, 11) is 0. The number of hydrogen-bond acceptors (Lipinski definition) is 3. The van der Waals surface area contributed by atoms with Gasteiger partial charge in [-0.05, 0) is 44.9 Å². The first-order valence-corrected chi connectivity index (χ1v) is 7.70. The first-order valence-electron chi connectivity index (χ1n) is 7.70. The summed E-state index contributed by atoms with van der Waals surface area (Å²) in [6.45, 7) is 6.56. The van der Waals surface area contributed by atoms with Crippen molar-refractivity contribution < 1.29 is 9.53 Å². The molecule has 0 radical (unpaired) electrons. The Bertz CT molecular complexity index is 445. The van der Waals surface area contributed by atoms with Crippen molar-refractivity contribution in [3.8, 4) is 5.75 Å². The van der Waals surface area contributed by atoms with Gasteiger partial charge in [0.2, 0.25) is 0 Å². The van der Waals surface area contributed by atoms with Gasteiger partial charge in [-0.25, -0.2) is 0 Å². The van der Waals surface area contributed by atoms with Gasteiger partial charge in [0.1, 0.15) is 5.75 Å². The molecule has 1 unspecified atom stereocenters. The smallest absolute Gasteiger partial charge is 0.170 e. The zero-order valence-electron chi connectivity index (χ0n) is 12.6. The van der Waals surface area contributed by atoms with Gasteiger partial charge in [-0.1, -0.05) is 25.5 Å². The molecule has 3 nitrogen and oxygen atoms in total. The lowest BCUT2D eigenvalue weighted by Crippen LogP contribution is -2.45. The average Bonchev–Trinajstić information content (AvgIpc) is 2.48. The van der Waals surface area contributed by atoms with E-state index in [2.05, 4.69) is 12.2 Å². The Hall–Kier alpha value is -1.35. The zero-order valence-corrected chi connectivity index (χ0v) is 12.6. The number of nitrogens with one attached hydrogen (secondary N) is 1. The van der Waals surface area contributed by atoms with Crippen LogP contribution in [0.1, 0.15) is 49.9 Å². The van der Waals surface area contributed by atoms with Crippen LogP contribution in [-0.4, -0.2) is 25.5 Å². The van der Waals surface area contributed by atoms with Gasteiger partial charge >= 0.3 is 0 Å². The van der Waals surface area contributed by atoms with Crippen molar-refractivity contribution >= 4 is 5.78 Å². The third-order valence-corrected chi connectivity index (χ3v) is 4.09. The van der Waals surface area contributed by atoms with Gasteiger partial charge in [0, 0.05) is 17.5 Å². The lowest BCUT2D eigenvalue weighted by atomic mass is 9.71. The van der Waals surface area contributed by atoms with Crippen molar-refractivity contribution in [3.05, 3.63) is 29.8 Å². The number of carbonyl (C=O) groups is 1. The highest BCUT2D eigenvalue weighted by Gasteiger charge is 2.38. The molecule has 0 aliphatic carbocycles. The fourth-order valence-corrected chi connectivity index (χ4v) is 3.17. The van der Waals surface area contributed by atoms with E-state index in [0.29, 0.717) is 6.61 Å². The van der Waals surface area contributed by atoms with Crippen molar-refractivity contribution in [3.63, 3.8) is 0 Å². The number of ketones is 1. The summed E-state index contributed by atoms with van der Waals surface area (Å²) in [4.78, 5) is 13.0. The highest BCUT2D eigenvalue weighted by molar-refractivity contribution is 6.01. The summed E-state index contributed by atoms with van der Waals surface area (Å²) >= 11 is 0. The Morgan fingerprint density at radius 2 is 2.25 bits per heavy atom. The number of ether oxygens (including phenoxy) is 1. The second kappa shape index (κ2) is 6.89. The van der Waals surface area contributed by atoms with Crippen molar-refractivity contribution in [2.75, 3.05) is 19.7 Å². The monoisotopic (exact) mass is 275 g/mol. The summed E-state index contributed by atoms with van der Waals surface area (Å²) < 4.78 is 5.51. The predicted octanol–water partition coefficient (Wildman–Crippen LogP) is 3.44. The topological polar surface area (TPSA) is 38.3 Å². The standard InChI is InChI=1S/C17H25NO2/c1-3-9-17(10-6-11-18-13-17)16(19)14-7-5-8-15(12-14)20-4-2/h5,7-8,12,18H,3-4,6,9-11,13H2,1-2H3. The van der Waals surface area contributed by atoms with E-state index in [4.69, 9.17) is 4.74 Å². The molecule has 0 spiro atoms. The minimum atomic E-state index is -0.224. The van der Waals surface area contributed by atoms with Crippen LogP contribution in [0.3, 0.4) is 0 Å². The Balaban J connectivity index is 2.24. The predicted molar refractivity (Wildman–Crippen MR) is 81.4 cm³/mol. The molecule has 1 fully saturated rings. The number of rotatable bonds is 6. The number of Topliss-reactive ketones (excluding diaryl/α,β-unsaturated/α-hetero) is 1. The summed E-state index contributed by atoms with van der Waals surface area (Å²) in [5, 5.41) is 3.40. The zero-order chi connectivity index (χ0) is 14.4. The second-order valence-corrected chi connectivity index (χ2v) is 5.60.